The molecule has 2 aromatic carbocycles. The summed E-state index contributed by atoms with van der Waals surface area (Å²) >= 11 is 0. The van der Waals surface area contributed by atoms with E-state index in [1.54, 1.807) is 36.0 Å². The highest BCUT2D eigenvalue weighted by molar-refractivity contribution is 6.00. The number of rotatable bonds is 6. The highest BCUT2D eigenvalue weighted by Gasteiger charge is 2.26. The zero-order valence-corrected chi connectivity index (χ0v) is 17.3. The average molecular weight is 416 g/mol. The Morgan fingerprint density at radius 2 is 1.87 bits per heavy atom. The topological polar surface area (TPSA) is 79.2 Å². The van der Waals surface area contributed by atoms with Crippen molar-refractivity contribution in [3.8, 4) is 5.75 Å². The number of piperazine rings is 1. The molecule has 0 saturated carbocycles. The molecule has 1 aliphatic rings. The number of halogens is 1. The maximum Gasteiger partial charge on any atom is 0.270 e. The van der Waals surface area contributed by atoms with Crippen LogP contribution in [0, 0.1) is 15.9 Å². The van der Waals surface area contributed by atoms with Crippen molar-refractivity contribution in [2.75, 3.05) is 52.3 Å². The van der Waals surface area contributed by atoms with Crippen LogP contribution in [0.5, 0.6) is 5.75 Å². The number of nitro groups is 1. The van der Waals surface area contributed by atoms with Crippen LogP contribution in [0.3, 0.4) is 0 Å². The Morgan fingerprint density at radius 3 is 2.43 bits per heavy atom. The third-order valence-corrected chi connectivity index (χ3v) is 5.19. The van der Waals surface area contributed by atoms with Gasteiger partial charge in [-0.15, -0.1) is 0 Å². The predicted molar refractivity (Wildman–Crippen MR) is 112 cm³/mol. The van der Waals surface area contributed by atoms with Crippen LogP contribution < -0.4 is 9.64 Å². The molecule has 0 aromatic heterocycles. The third-order valence-electron chi connectivity index (χ3n) is 5.19. The van der Waals surface area contributed by atoms with Crippen molar-refractivity contribution in [1.82, 2.24) is 9.80 Å². The second-order valence-electron chi connectivity index (χ2n) is 7.39. The van der Waals surface area contributed by atoms with E-state index < -0.39 is 10.7 Å². The van der Waals surface area contributed by atoms with Gasteiger partial charge in [0.25, 0.3) is 11.6 Å². The number of ether oxygens (including phenoxy) is 1. The number of anilines is 1. The summed E-state index contributed by atoms with van der Waals surface area (Å²) in [5.41, 5.74) is 1.69. The van der Waals surface area contributed by atoms with Gasteiger partial charge >= 0.3 is 0 Å². The Balaban J connectivity index is 1.67. The van der Waals surface area contributed by atoms with Crippen molar-refractivity contribution in [3.63, 3.8) is 0 Å². The number of hydrogen-bond acceptors (Lipinski definition) is 6. The summed E-state index contributed by atoms with van der Waals surface area (Å²) in [4.78, 5) is 29.3. The standard InChI is InChI=1S/C21H25FN4O4/c1-23(2)19-6-5-16(26(28)29)13-17(19)21(27)25-10-8-24(9-11-25)14-15-4-7-20(30-3)18(22)12-15/h4-7,12-13H,8-11,14H2,1-3H3. The maximum atomic E-state index is 13.9. The van der Waals surface area contributed by atoms with Crippen molar-refractivity contribution >= 4 is 17.3 Å². The van der Waals surface area contributed by atoms with Crippen molar-refractivity contribution in [2.45, 2.75) is 6.54 Å². The molecule has 8 nitrogen and oxygen atoms in total. The van der Waals surface area contributed by atoms with Gasteiger partial charge in [-0.1, -0.05) is 6.07 Å². The smallest absolute Gasteiger partial charge is 0.270 e. The minimum atomic E-state index is -0.498. The second-order valence-corrected chi connectivity index (χ2v) is 7.39. The zero-order valence-electron chi connectivity index (χ0n) is 17.3. The summed E-state index contributed by atoms with van der Waals surface area (Å²) in [6.07, 6.45) is 0. The lowest BCUT2D eigenvalue weighted by Gasteiger charge is -2.35. The molecular weight excluding hydrogens is 391 g/mol. The van der Waals surface area contributed by atoms with Crippen molar-refractivity contribution in [2.24, 2.45) is 0 Å². The summed E-state index contributed by atoms with van der Waals surface area (Å²) < 4.78 is 18.8. The highest BCUT2D eigenvalue weighted by Crippen LogP contribution is 2.26. The highest BCUT2D eigenvalue weighted by atomic mass is 19.1. The van der Waals surface area contributed by atoms with E-state index in [0.29, 0.717) is 44.0 Å². The molecule has 0 unspecified atom stereocenters. The molecule has 1 heterocycles. The molecule has 0 bridgehead atoms. The Kier molecular flexibility index (Phi) is 6.51. The number of hydrogen-bond donors (Lipinski definition) is 0. The minimum absolute atomic E-state index is 0.107. The van der Waals surface area contributed by atoms with Crippen molar-refractivity contribution in [3.05, 3.63) is 63.5 Å². The molecule has 1 saturated heterocycles. The monoisotopic (exact) mass is 416 g/mol. The van der Waals surface area contributed by atoms with E-state index in [-0.39, 0.29) is 17.3 Å². The number of benzene rings is 2. The average Bonchev–Trinajstić information content (AvgIpc) is 2.73. The summed E-state index contributed by atoms with van der Waals surface area (Å²) in [6, 6.07) is 9.23. The number of amides is 1. The molecule has 0 spiro atoms. The molecule has 3 rings (SSSR count). The van der Waals surface area contributed by atoms with Crippen LogP contribution in [0.15, 0.2) is 36.4 Å². The molecule has 2 aromatic rings. The fourth-order valence-corrected chi connectivity index (χ4v) is 3.54. The van der Waals surface area contributed by atoms with Gasteiger partial charge in [0.2, 0.25) is 0 Å². The number of carbonyl (C=O) groups is 1. The number of nitrogens with zero attached hydrogens (tertiary/aromatic N) is 4. The predicted octanol–water partition coefficient (Wildman–Crippen LogP) is 2.77. The number of nitro benzene ring substituents is 1. The lowest BCUT2D eigenvalue weighted by atomic mass is 10.1. The summed E-state index contributed by atoms with van der Waals surface area (Å²) in [6.45, 7) is 2.82. The lowest BCUT2D eigenvalue weighted by molar-refractivity contribution is -0.384. The molecule has 160 valence electrons. The van der Waals surface area contributed by atoms with Gasteiger partial charge in [-0.3, -0.25) is 19.8 Å². The van der Waals surface area contributed by atoms with Crippen LogP contribution in [0.25, 0.3) is 0 Å². The molecule has 0 N–H and O–H groups in total. The van der Waals surface area contributed by atoms with Gasteiger partial charge in [0, 0.05) is 64.6 Å². The minimum Gasteiger partial charge on any atom is -0.494 e. The van der Waals surface area contributed by atoms with Crippen LogP contribution >= 0.6 is 0 Å². The Morgan fingerprint density at radius 1 is 1.17 bits per heavy atom. The summed E-state index contributed by atoms with van der Waals surface area (Å²) in [7, 11) is 5.02. The van der Waals surface area contributed by atoms with E-state index >= 15 is 0 Å². The van der Waals surface area contributed by atoms with Crippen molar-refractivity contribution in [1.29, 1.82) is 0 Å². The van der Waals surface area contributed by atoms with Crippen LogP contribution in [0.2, 0.25) is 0 Å². The third kappa shape index (κ3) is 4.68. The molecule has 0 radical (unpaired) electrons. The van der Waals surface area contributed by atoms with Gasteiger partial charge in [0.1, 0.15) is 0 Å². The molecule has 30 heavy (non-hydrogen) atoms. The van der Waals surface area contributed by atoms with Gasteiger partial charge in [-0.2, -0.15) is 0 Å². The number of non-ortho nitro benzene ring substituents is 1. The van der Waals surface area contributed by atoms with Crippen LogP contribution in [0.1, 0.15) is 15.9 Å². The number of carbonyl (C=O) groups excluding carboxylic acids is 1. The fourth-order valence-electron chi connectivity index (χ4n) is 3.54. The number of methoxy groups -OCH3 is 1. The largest absolute Gasteiger partial charge is 0.494 e. The quantitative estimate of drug-likeness (QED) is 0.532. The van der Waals surface area contributed by atoms with E-state index in [9.17, 15) is 19.3 Å². The first-order chi connectivity index (χ1) is 14.3. The normalized spacial score (nSPS) is 14.5. The molecule has 0 atom stereocenters. The van der Waals surface area contributed by atoms with Gasteiger partial charge in [0.05, 0.1) is 17.6 Å². The van der Waals surface area contributed by atoms with Crippen LogP contribution in [0.4, 0.5) is 15.8 Å². The summed E-state index contributed by atoms with van der Waals surface area (Å²) in [5, 5.41) is 11.1. The van der Waals surface area contributed by atoms with Crippen molar-refractivity contribution < 1.29 is 18.8 Å². The van der Waals surface area contributed by atoms with Crippen LogP contribution in [-0.2, 0) is 6.54 Å². The first-order valence-corrected chi connectivity index (χ1v) is 9.60. The molecule has 1 fully saturated rings. The molecule has 1 aliphatic heterocycles. The first kappa shape index (κ1) is 21.5. The maximum absolute atomic E-state index is 13.9. The van der Waals surface area contributed by atoms with E-state index in [1.807, 2.05) is 6.07 Å². The molecular formula is C21H25FN4O4. The fraction of sp³-hybridized carbons (Fsp3) is 0.381. The van der Waals surface area contributed by atoms with Crippen LogP contribution in [-0.4, -0.2) is 68.0 Å². The lowest BCUT2D eigenvalue weighted by Crippen LogP contribution is -2.48. The van der Waals surface area contributed by atoms with E-state index in [4.69, 9.17) is 4.74 Å². The van der Waals surface area contributed by atoms with Gasteiger partial charge in [-0.05, 0) is 23.8 Å². The zero-order chi connectivity index (χ0) is 21.8. The Bertz CT molecular complexity index is 943. The van der Waals surface area contributed by atoms with E-state index in [2.05, 4.69) is 4.90 Å². The SMILES string of the molecule is COc1ccc(CN2CCN(C(=O)c3cc([N+](=O)[O-])ccc3N(C)C)CC2)cc1F. The Labute approximate surface area is 174 Å². The van der Waals surface area contributed by atoms with Gasteiger partial charge < -0.3 is 14.5 Å². The van der Waals surface area contributed by atoms with Gasteiger partial charge in [0.15, 0.2) is 11.6 Å². The first-order valence-electron chi connectivity index (χ1n) is 9.60. The van der Waals surface area contributed by atoms with E-state index in [1.165, 1.54) is 25.3 Å². The Hall–Kier alpha value is -3.20. The second kappa shape index (κ2) is 9.08. The molecule has 0 aliphatic carbocycles. The molecule has 9 heteroatoms. The van der Waals surface area contributed by atoms with Gasteiger partial charge in [-0.25, -0.2) is 4.39 Å². The summed E-state index contributed by atoms with van der Waals surface area (Å²) in [5.74, 6) is -0.411. The van der Waals surface area contributed by atoms with E-state index in [0.717, 1.165) is 5.56 Å². The molecule has 1 amide bonds.